The first kappa shape index (κ1) is 17.4. The number of rotatable bonds is 5. The predicted molar refractivity (Wildman–Crippen MR) is 103 cm³/mol. The van der Waals surface area contributed by atoms with E-state index in [1.165, 1.54) is 0 Å². The minimum absolute atomic E-state index is 0.130. The number of phenolic OH excluding ortho intramolecular Hbond substituents is 1. The molecule has 26 heavy (non-hydrogen) atoms. The largest absolute Gasteiger partial charge is 0.507 e. The van der Waals surface area contributed by atoms with Gasteiger partial charge in [-0.05, 0) is 30.2 Å². The van der Waals surface area contributed by atoms with Crippen LogP contribution >= 0.6 is 0 Å². The van der Waals surface area contributed by atoms with Crippen LogP contribution in [0.4, 0.5) is 0 Å². The molecule has 0 heterocycles. The lowest BCUT2D eigenvalue weighted by Gasteiger charge is -2.16. The minimum atomic E-state index is -0.460. The summed E-state index contributed by atoms with van der Waals surface area (Å²) >= 11 is 0. The van der Waals surface area contributed by atoms with Crippen molar-refractivity contribution in [2.75, 3.05) is 0 Å². The third kappa shape index (κ3) is 3.98. The van der Waals surface area contributed by atoms with Gasteiger partial charge in [-0.2, -0.15) is 5.10 Å². The van der Waals surface area contributed by atoms with Gasteiger partial charge in [-0.25, -0.2) is 5.43 Å². The second-order valence-corrected chi connectivity index (χ2v) is 5.94. The number of hydrazone groups is 1. The van der Waals surface area contributed by atoms with Gasteiger partial charge in [0.25, 0.3) is 5.91 Å². The number of carbonyl (C=O) groups is 1. The summed E-state index contributed by atoms with van der Waals surface area (Å²) in [5.41, 5.74) is 5.56. The highest BCUT2D eigenvalue weighted by atomic mass is 16.3. The van der Waals surface area contributed by atoms with E-state index in [4.69, 9.17) is 0 Å². The number of nitrogens with zero attached hydrogens (tertiary/aromatic N) is 1. The van der Waals surface area contributed by atoms with Crippen LogP contribution in [0.2, 0.25) is 0 Å². The Kier molecular flexibility index (Phi) is 5.44. The molecular weight excluding hydrogens is 324 g/mol. The second kappa shape index (κ2) is 8.12. The van der Waals surface area contributed by atoms with E-state index in [0.717, 1.165) is 11.1 Å². The summed E-state index contributed by atoms with van der Waals surface area (Å²) < 4.78 is 0. The highest BCUT2D eigenvalue weighted by Gasteiger charge is 2.22. The van der Waals surface area contributed by atoms with Crippen molar-refractivity contribution >= 4 is 11.6 Å². The van der Waals surface area contributed by atoms with Crippen molar-refractivity contribution in [3.05, 3.63) is 102 Å². The molecule has 0 fully saturated rings. The smallest absolute Gasteiger partial charge is 0.252 e. The molecule has 0 saturated carbocycles. The van der Waals surface area contributed by atoms with Crippen LogP contribution in [0.25, 0.3) is 0 Å². The number of nitrogens with one attached hydrogen (secondary N) is 1. The zero-order chi connectivity index (χ0) is 18.4. The van der Waals surface area contributed by atoms with E-state index < -0.39 is 5.92 Å². The molecule has 3 aromatic carbocycles. The zero-order valence-electron chi connectivity index (χ0n) is 14.5. The number of benzene rings is 3. The molecule has 3 aromatic rings. The van der Waals surface area contributed by atoms with Crippen molar-refractivity contribution in [1.82, 2.24) is 5.43 Å². The molecule has 0 unspecified atom stereocenters. The van der Waals surface area contributed by atoms with E-state index in [0.29, 0.717) is 11.3 Å². The summed E-state index contributed by atoms with van der Waals surface area (Å²) in [7, 11) is 0. The van der Waals surface area contributed by atoms with Crippen molar-refractivity contribution < 1.29 is 9.90 Å². The maximum Gasteiger partial charge on any atom is 0.252 e. The summed E-state index contributed by atoms with van der Waals surface area (Å²) in [4.78, 5) is 12.9. The van der Waals surface area contributed by atoms with Gasteiger partial charge in [0, 0.05) is 5.56 Å². The number of carbonyl (C=O) groups excluding carboxylic acids is 1. The number of aromatic hydroxyl groups is 1. The van der Waals surface area contributed by atoms with E-state index in [-0.39, 0.29) is 11.7 Å². The van der Waals surface area contributed by atoms with E-state index in [2.05, 4.69) is 10.5 Å². The molecule has 0 radical (unpaired) electrons. The molecule has 0 atom stereocenters. The van der Waals surface area contributed by atoms with Crippen molar-refractivity contribution in [3.63, 3.8) is 0 Å². The average molecular weight is 344 g/mol. The van der Waals surface area contributed by atoms with Gasteiger partial charge in [-0.3, -0.25) is 4.79 Å². The van der Waals surface area contributed by atoms with Gasteiger partial charge in [0.15, 0.2) is 0 Å². The van der Waals surface area contributed by atoms with Crippen LogP contribution in [0.5, 0.6) is 5.75 Å². The van der Waals surface area contributed by atoms with Crippen LogP contribution in [-0.4, -0.2) is 16.7 Å². The molecule has 1 amide bonds. The number of hydrogen-bond acceptors (Lipinski definition) is 3. The third-order valence-electron chi connectivity index (χ3n) is 4.16. The standard InChI is InChI=1S/C22H20N2O2/c1-16(19-14-8-9-15-20(19)25)23-24-22(26)21(17-10-4-2-5-11-17)18-12-6-3-7-13-18/h2-15,21,25H,1H3,(H,24,26). The third-order valence-corrected chi connectivity index (χ3v) is 4.16. The van der Waals surface area contributed by atoms with Crippen LogP contribution in [0, 0.1) is 0 Å². The lowest BCUT2D eigenvalue weighted by atomic mass is 9.91. The van der Waals surface area contributed by atoms with Crippen LogP contribution in [0.1, 0.15) is 29.5 Å². The number of para-hydroxylation sites is 1. The molecular formula is C22H20N2O2. The molecule has 3 rings (SSSR count). The van der Waals surface area contributed by atoms with Gasteiger partial charge < -0.3 is 5.11 Å². The van der Waals surface area contributed by atoms with Crippen LogP contribution in [-0.2, 0) is 4.79 Å². The van der Waals surface area contributed by atoms with Gasteiger partial charge in [0.2, 0.25) is 0 Å². The summed E-state index contributed by atoms with van der Waals surface area (Å²) in [6.07, 6.45) is 0. The molecule has 0 aliphatic carbocycles. The highest BCUT2D eigenvalue weighted by molar-refractivity contribution is 6.01. The topological polar surface area (TPSA) is 61.7 Å². The summed E-state index contributed by atoms with van der Waals surface area (Å²) in [5.74, 6) is -0.554. The first-order valence-electron chi connectivity index (χ1n) is 8.39. The van der Waals surface area contributed by atoms with Crippen LogP contribution in [0.3, 0.4) is 0 Å². The Balaban J connectivity index is 1.87. The number of amides is 1. The molecule has 0 aliphatic heterocycles. The molecule has 130 valence electrons. The predicted octanol–water partition coefficient (Wildman–Crippen LogP) is 4.06. The second-order valence-electron chi connectivity index (χ2n) is 5.94. The monoisotopic (exact) mass is 344 g/mol. The Hall–Kier alpha value is -3.40. The molecule has 0 spiro atoms. The number of phenols is 1. The average Bonchev–Trinajstić information content (AvgIpc) is 2.68. The van der Waals surface area contributed by atoms with E-state index >= 15 is 0 Å². The Bertz CT molecular complexity index is 866. The van der Waals surface area contributed by atoms with Gasteiger partial charge in [0.1, 0.15) is 5.75 Å². The molecule has 2 N–H and O–H groups in total. The van der Waals surface area contributed by atoms with Gasteiger partial charge in [-0.1, -0.05) is 72.8 Å². The van der Waals surface area contributed by atoms with Crippen molar-refractivity contribution in [2.45, 2.75) is 12.8 Å². The molecule has 0 bridgehead atoms. The number of hydrogen-bond donors (Lipinski definition) is 2. The van der Waals surface area contributed by atoms with Crippen molar-refractivity contribution in [3.8, 4) is 5.75 Å². The summed E-state index contributed by atoms with van der Waals surface area (Å²) in [6.45, 7) is 1.75. The fourth-order valence-corrected chi connectivity index (χ4v) is 2.83. The SMILES string of the molecule is CC(=NNC(=O)C(c1ccccc1)c1ccccc1)c1ccccc1O. The molecule has 0 aromatic heterocycles. The lowest BCUT2D eigenvalue weighted by Crippen LogP contribution is -2.27. The quantitative estimate of drug-likeness (QED) is 0.541. The van der Waals surface area contributed by atoms with Gasteiger partial charge in [0.05, 0.1) is 11.6 Å². The lowest BCUT2D eigenvalue weighted by molar-refractivity contribution is -0.121. The molecule has 4 nitrogen and oxygen atoms in total. The maximum atomic E-state index is 12.9. The molecule has 4 heteroatoms. The van der Waals surface area contributed by atoms with E-state index in [9.17, 15) is 9.90 Å². The van der Waals surface area contributed by atoms with E-state index in [1.807, 2.05) is 66.7 Å². The Morgan fingerprint density at radius 2 is 1.35 bits per heavy atom. The Morgan fingerprint density at radius 3 is 1.88 bits per heavy atom. The summed E-state index contributed by atoms with van der Waals surface area (Å²) in [5, 5.41) is 14.1. The normalized spacial score (nSPS) is 11.4. The van der Waals surface area contributed by atoms with Crippen molar-refractivity contribution in [2.24, 2.45) is 5.10 Å². The fraction of sp³-hybridized carbons (Fsp3) is 0.0909. The van der Waals surface area contributed by atoms with Gasteiger partial charge >= 0.3 is 0 Å². The van der Waals surface area contributed by atoms with Gasteiger partial charge in [-0.15, -0.1) is 0 Å². The molecule has 0 saturated heterocycles. The highest BCUT2D eigenvalue weighted by Crippen LogP contribution is 2.25. The Labute approximate surface area is 152 Å². The van der Waals surface area contributed by atoms with Crippen LogP contribution in [0.15, 0.2) is 90.0 Å². The van der Waals surface area contributed by atoms with Crippen LogP contribution < -0.4 is 5.43 Å². The van der Waals surface area contributed by atoms with E-state index in [1.54, 1.807) is 25.1 Å². The maximum absolute atomic E-state index is 12.9. The Morgan fingerprint density at radius 1 is 0.846 bits per heavy atom. The van der Waals surface area contributed by atoms with Crippen molar-refractivity contribution in [1.29, 1.82) is 0 Å². The zero-order valence-corrected chi connectivity index (χ0v) is 14.5. The first-order chi connectivity index (χ1) is 12.7. The minimum Gasteiger partial charge on any atom is -0.507 e. The molecule has 0 aliphatic rings. The summed E-state index contributed by atoms with van der Waals surface area (Å²) in [6, 6.07) is 26.1. The first-order valence-corrected chi connectivity index (χ1v) is 8.39. The fourth-order valence-electron chi connectivity index (χ4n) is 2.83.